The molecule has 5 unspecified atom stereocenters. The fraction of sp³-hybridized carbons (Fsp3) is 0.444. The van der Waals surface area contributed by atoms with E-state index in [0.717, 1.165) is 24.3 Å². The SMILES string of the molecule is C[C@@H]1O[C@@H](Oc2cc(-c3oc4cc(O)cc(O)c4c(=O)c3O[C@@H]3OC(CO)[C@H](O)C(O)C3O)cc(O)c2O)C(O)C(O)[C@H]1O. The molecular weight excluding hydrogens is 596 g/mol. The minimum absolute atomic E-state index is 0.282. The molecule has 2 aromatic carbocycles. The summed E-state index contributed by atoms with van der Waals surface area (Å²) in [5, 5.41) is 112. The van der Waals surface area contributed by atoms with Crippen LogP contribution in [0.25, 0.3) is 22.3 Å². The average molecular weight is 627 g/mol. The molecule has 2 fully saturated rings. The third-order valence-electron chi connectivity index (χ3n) is 7.37. The Balaban J connectivity index is 1.64. The third kappa shape index (κ3) is 5.45. The first-order valence-electron chi connectivity index (χ1n) is 13.2. The third-order valence-corrected chi connectivity index (χ3v) is 7.37. The second kappa shape index (κ2) is 11.9. The van der Waals surface area contributed by atoms with Crippen molar-refractivity contribution >= 4 is 11.0 Å². The minimum Gasteiger partial charge on any atom is -0.508 e. The summed E-state index contributed by atoms with van der Waals surface area (Å²) in [7, 11) is 0. The molecule has 240 valence electrons. The van der Waals surface area contributed by atoms with Gasteiger partial charge in [0.1, 0.15) is 65.2 Å². The van der Waals surface area contributed by atoms with Gasteiger partial charge in [-0.2, -0.15) is 0 Å². The molecular formula is C27H30O17. The van der Waals surface area contributed by atoms with Crippen molar-refractivity contribution in [2.24, 2.45) is 0 Å². The monoisotopic (exact) mass is 626 g/mol. The number of aromatic hydroxyl groups is 4. The molecule has 2 aliphatic rings. The van der Waals surface area contributed by atoms with Gasteiger partial charge in [-0.3, -0.25) is 4.79 Å². The van der Waals surface area contributed by atoms with E-state index >= 15 is 0 Å². The molecule has 10 atom stereocenters. The molecule has 1 aromatic heterocycles. The van der Waals surface area contributed by atoms with Gasteiger partial charge in [-0.25, -0.2) is 0 Å². The zero-order valence-corrected chi connectivity index (χ0v) is 22.7. The Hall–Kier alpha value is -3.91. The van der Waals surface area contributed by atoms with Crippen molar-refractivity contribution < 1.29 is 79.5 Å². The van der Waals surface area contributed by atoms with Gasteiger partial charge in [0, 0.05) is 17.7 Å². The van der Waals surface area contributed by atoms with Gasteiger partial charge in [0.2, 0.25) is 29.5 Å². The van der Waals surface area contributed by atoms with Crippen molar-refractivity contribution in [2.75, 3.05) is 6.61 Å². The molecule has 2 aliphatic heterocycles. The van der Waals surface area contributed by atoms with Crippen LogP contribution in [0, 0.1) is 0 Å². The average Bonchev–Trinajstić information content (AvgIpc) is 2.97. The van der Waals surface area contributed by atoms with Crippen LogP contribution in [0.3, 0.4) is 0 Å². The molecule has 17 nitrogen and oxygen atoms in total. The van der Waals surface area contributed by atoms with E-state index in [1.807, 2.05) is 0 Å². The van der Waals surface area contributed by atoms with Crippen LogP contribution in [0.4, 0.5) is 0 Å². The number of aliphatic hydroxyl groups is 7. The van der Waals surface area contributed by atoms with Crippen LogP contribution in [0.15, 0.2) is 33.5 Å². The van der Waals surface area contributed by atoms with Crippen molar-refractivity contribution in [3.8, 4) is 45.8 Å². The van der Waals surface area contributed by atoms with Gasteiger partial charge < -0.3 is 79.5 Å². The summed E-state index contributed by atoms with van der Waals surface area (Å²) < 4.78 is 27.6. The largest absolute Gasteiger partial charge is 0.508 e. The highest BCUT2D eigenvalue weighted by Gasteiger charge is 2.46. The second-order valence-electron chi connectivity index (χ2n) is 10.4. The minimum atomic E-state index is -1.98. The van der Waals surface area contributed by atoms with Crippen molar-refractivity contribution in [1.29, 1.82) is 0 Å². The lowest BCUT2D eigenvalue weighted by Gasteiger charge is -2.39. The first-order valence-corrected chi connectivity index (χ1v) is 13.2. The molecule has 0 aliphatic carbocycles. The summed E-state index contributed by atoms with van der Waals surface area (Å²) in [6.07, 6.45) is -16.7. The van der Waals surface area contributed by atoms with E-state index in [9.17, 15) is 61.0 Å². The first kappa shape index (κ1) is 31.5. The summed E-state index contributed by atoms with van der Waals surface area (Å²) in [5.41, 5.74) is -1.78. The summed E-state index contributed by atoms with van der Waals surface area (Å²) in [5.74, 6) is -4.96. The van der Waals surface area contributed by atoms with E-state index in [0.29, 0.717) is 0 Å². The lowest BCUT2D eigenvalue weighted by Crippen LogP contribution is -2.60. The van der Waals surface area contributed by atoms with E-state index in [2.05, 4.69) is 0 Å². The van der Waals surface area contributed by atoms with Crippen LogP contribution in [-0.2, 0) is 9.47 Å². The van der Waals surface area contributed by atoms with Crippen LogP contribution >= 0.6 is 0 Å². The van der Waals surface area contributed by atoms with Crippen molar-refractivity contribution in [1.82, 2.24) is 0 Å². The number of hydrogen-bond donors (Lipinski definition) is 11. The number of phenols is 4. The fourth-order valence-corrected chi connectivity index (χ4v) is 4.90. The lowest BCUT2D eigenvalue weighted by molar-refractivity contribution is -0.277. The number of ether oxygens (including phenoxy) is 4. The van der Waals surface area contributed by atoms with E-state index in [4.69, 9.17) is 23.4 Å². The molecule has 0 amide bonds. The van der Waals surface area contributed by atoms with Crippen molar-refractivity contribution in [3.63, 3.8) is 0 Å². The number of rotatable bonds is 6. The van der Waals surface area contributed by atoms with Gasteiger partial charge in [0.15, 0.2) is 17.3 Å². The predicted octanol–water partition coefficient (Wildman–Crippen LogP) is -2.33. The molecule has 17 heteroatoms. The maximum atomic E-state index is 13.7. The molecule has 2 saturated heterocycles. The number of fused-ring (bicyclic) bond motifs is 1. The molecule has 3 aromatic rings. The van der Waals surface area contributed by atoms with E-state index < -0.39 is 125 Å². The first-order chi connectivity index (χ1) is 20.7. The molecule has 3 heterocycles. The van der Waals surface area contributed by atoms with Crippen LogP contribution in [0.2, 0.25) is 0 Å². The highest BCUT2D eigenvalue weighted by Crippen LogP contribution is 2.44. The highest BCUT2D eigenvalue weighted by atomic mass is 16.7. The summed E-state index contributed by atoms with van der Waals surface area (Å²) >= 11 is 0. The molecule has 0 spiro atoms. The Morgan fingerprint density at radius 1 is 0.750 bits per heavy atom. The zero-order valence-electron chi connectivity index (χ0n) is 22.7. The number of phenolic OH excluding ortho intramolecular Hbond substituents is 4. The Kier molecular flexibility index (Phi) is 8.51. The highest BCUT2D eigenvalue weighted by molar-refractivity contribution is 5.88. The quantitative estimate of drug-likeness (QED) is 0.128. The van der Waals surface area contributed by atoms with Crippen LogP contribution in [-0.4, -0.2) is 124 Å². The summed E-state index contributed by atoms with van der Waals surface area (Å²) in [6, 6.07) is 3.67. The predicted molar refractivity (Wildman–Crippen MR) is 142 cm³/mol. The second-order valence-corrected chi connectivity index (χ2v) is 10.4. The molecule has 0 radical (unpaired) electrons. The molecule has 11 N–H and O–H groups in total. The van der Waals surface area contributed by atoms with Gasteiger partial charge in [-0.15, -0.1) is 0 Å². The van der Waals surface area contributed by atoms with Crippen LogP contribution in [0.5, 0.6) is 34.5 Å². The van der Waals surface area contributed by atoms with Crippen molar-refractivity contribution in [2.45, 2.75) is 68.3 Å². The molecule has 44 heavy (non-hydrogen) atoms. The smallest absolute Gasteiger partial charge is 0.239 e. The summed E-state index contributed by atoms with van der Waals surface area (Å²) in [4.78, 5) is 13.7. The fourth-order valence-electron chi connectivity index (χ4n) is 4.90. The van der Waals surface area contributed by atoms with Crippen LogP contribution in [0.1, 0.15) is 6.92 Å². The Morgan fingerprint density at radius 2 is 1.39 bits per heavy atom. The standard InChI is InChI=1S/C27H30O17/c1-7-16(32)20(36)22(38)26(40-7)42-13-3-8(2-11(31)17(13)33)24-25(19(35)15-10(30)4-9(29)5-12(15)41-24)44-27-23(39)21(37)18(34)14(6-28)43-27/h2-5,7,14,16,18,20-23,26-34,36-39H,6H2,1H3/t7-,14?,16-,18-,20?,21?,22?,23?,26-,27-/m0/s1. The number of hydrogen-bond acceptors (Lipinski definition) is 17. The number of aliphatic hydroxyl groups excluding tert-OH is 7. The Bertz CT molecular complexity index is 1590. The zero-order chi connectivity index (χ0) is 32.2. The Morgan fingerprint density at radius 3 is 2.05 bits per heavy atom. The Labute approximate surface area is 246 Å². The van der Waals surface area contributed by atoms with Crippen molar-refractivity contribution in [3.05, 3.63) is 34.5 Å². The van der Waals surface area contributed by atoms with E-state index in [1.165, 1.54) is 6.92 Å². The number of benzene rings is 2. The lowest BCUT2D eigenvalue weighted by atomic mass is 9.99. The molecule has 5 rings (SSSR count). The summed E-state index contributed by atoms with van der Waals surface area (Å²) in [6.45, 7) is 0.553. The van der Waals surface area contributed by atoms with Crippen LogP contribution < -0.4 is 14.9 Å². The maximum absolute atomic E-state index is 13.7. The topological polar surface area (TPSA) is 290 Å². The van der Waals surface area contributed by atoms with E-state index in [1.54, 1.807) is 0 Å². The van der Waals surface area contributed by atoms with Gasteiger partial charge in [0.25, 0.3) is 0 Å². The van der Waals surface area contributed by atoms with Gasteiger partial charge in [-0.1, -0.05) is 0 Å². The van der Waals surface area contributed by atoms with Gasteiger partial charge in [0.05, 0.1) is 12.7 Å². The normalized spacial score (nSPS) is 32.5. The molecule has 0 bridgehead atoms. The van der Waals surface area contributed by atoms with E-state index in [-0.39, 0.29) is 5.56 Å². The maximum Gasteiger partial charge on any atom is 0.239 e. The molecule has 0 saturated carbocycles. The van der Waals surface area contributed by atoms with Gasteiger partial charge >= 0.3 is 0 Å². The van der Waals surface area contributed by atoms with Gasteiger partial charge in [-0.05, 0) is 19.1 Å².